The molecule has 2 N–H and O–H groups in total. The van der Waals surface area contributed by atoms with Crippen molar-refractivity contribution in [2.75, 3.05) is 11.9 Å². The summed E-state index contributed by atoms with van der Waals surface area (Å²) in [6.45, 7) is 6.66. The van der Waals surface area contributed by atoms with Gasteiger partial charge in [-0.3, -0.25) is 4.79 Å². The summed E-state index contributed by atoms with van der Waals surface area (Å²) >= 11 is 3.62. The molecule has 1 unspecified atom stereocenters. The van der Waals surface area contributed by atoms with E-state index in [0.29, 0.717) is 18.8 Å². The second kappa shape index (κ2) is 7.66. The normalized spacial score (nSPS) is 19.4. The first-order chi connectivity index (χ1) is 15.3. The second-order valence-electron chi connectivity index (χ2n) is 9.39. The average molecular weight is 492 g/mol. The van der Waals surface area contributed by atoms with Crippen LogP contribution in [0.2, 0.25) is 0 Å². The zero-order chi connectivity index (χ0) is 22.6. The highest BCUT2D eigenvalue weighted by molar-refractivity contribution is 9.10. The molecule has 0 saturated heterocycles. The summed E-state index contributed by atoms with van der Waals surface area (Å²) in [6.07, 6.45) is 1.35. The Morgan fingerprint density at radius 1 is 1.16 bits per heavy atom. The van der Waals surface area contributed by atoms with Crippen molar-refractivity contribution < 1.29 is 14.6 Å². The number of halogens is 1. The minimum Gasteiger partial charge on any atom is -0.504 e. The molecule has 0 fully saturated rings. The van der Waals surface area contributed by atoms with Crippen LogP contribution >= 0.6 is 15.9 Å². The third-order valence-corrected chi connectivity index (χ3v) is 7.12. The van der Waals surface area contributed by atoms with Crippen LogP contribution in [0.5, 0.6) is 11.5 Å². The summed E-state index contributed by atoms with van der Waals surface area (Å²) < 4.78 is 6.39. The molecule has 0 bridgehead atoms. The molecular formula is C27H26BrNO3. The van der Waals surface area contributed by atoms with Gasteiger partial charge in [-0.1, -0.05) is 60.1 Å². The molecule has 0 aromatic heterocycles. The summed E-state index contributed by atoms with van der Waals surface area (Å²) in [5, 5.41) is 16.3. The van der Waals surface area contributed by atoms with Gasteiger partial charge in [0.2, 0.25) is 0 Å². The van der Waals surface area contributed by atoms with Gasteiger partial charge in [0.05, 0.1) is 12.6 Å². The summed E-state index contributed by atoms with van der Waals surface area (Å²) in [5.41, 5.74) is 4.88. The van der Waals surface area contributed by atoms with E-state index in [4.69, 9.17) is 4.74 Å². The molecule has 32 heavy (non-hydrogen) atoms. The predicted octanol–water partition coefficient (Wildman–Crippen LogP) is 7.02. The van der Waals surface area contributed by atoms with E-state index >= 15 is 0 Å². The van der Waals surface area contributed by atoms with Crippen molar-refractivity contribution in [3.63, 3.8) is 0 Å². The van der Waals surface area contributed by atoms with Gasteiger partial charge in [0.15, 0.2) is 17.3 Å². The number of aromatic hydroxyl groups is 1. The van der Waals surface area contributed by atoms with Crippen molar-refractivity contribution in [1.29, 1.82) is 0 Å². The van der Waals surface area contributed by atoms with Crippen molar-refractivity contribution in [1.82, 2.24) is 0 Å². The number of hydrogen-bond acceptors (Lipinski definition) is 4. The summed E-state index contributed by atoms with van der Waals surface area (Å²) in [7, 11) is 0. The number of fused-ring (bicyclic) bond motifs is 4. The number of ketones is 1. The van der Waals surface area contributed by atoms with Gasteiger partial charge < -0.3 is 15.2 Å². The molecule has 0 saturated carbocycles. The lowest BCUT2D eigenvalue weighted by Gasteiger charge is -2.40. The van der Waals surface area contributed by atoms with Crippen molar-refractivity contribution >= 4 is 43.7 Å². The topological polar surface area (TPSA) is 58.6 Å². The molecule has 4 nitrogen and oxygen atoms in total. The zero-order valence-corrected chi connectivity index (χ0v) is 20.0. The molecule has 3 aromatic rings. The first-order valence-electron chi connectivity index (χ1n) is 11.0. The van der Waals surface area contributed by atoms with E-state index in [-0.39, 0.29) is 23.0 Å². The SMILES string of the molecule is CCOc1cc(C2Nc3ccc4ccccc4c3C3=C2C(=O)CC(C)(C)C3)c(Br)cc1O. The van der Waals surface area contributed by atoms with Crippen LogP contribution in [-0.2, 0) is 4.79 Å². The van der Waals surface area contributed by atoms with E-state index in [1.54, 1.807) is 6.07 Å². The highest BCUT2D eigenvalue weighted by Crippen LogP contribution is 2.53. The minimum absolute atomic E-state index is 0.0787. The summed E-state index contributed by atoms with van der Waals surface area (Å²) in [6, 6.07) is 15.7. The number of hydrogen-bond donors (Lipinski definition) is 2. The minimum atomic E-state index is -0.323. The number of ether oxygens (including phenoxy) is 1. The number of anilines is 1. The van der Waals surface area contributed by atoms with Crippen LogP contribution < -0.4 is 10.1 Å². The maximum absolute atomic E-state index is 13.6. The van der Waals surface area contributed by atoms with Crippen LogP contribution in [0.1, 0.15) is 50.8 Å². The molecule has 164 valence electrons. The standard InChI is InChI=1S/C27H26BrNO3/c1-4-32-23-11-17(19(28)12-21(23)30)26-25-18(13-27(2,3)14-22(25)31)24-16-8-6-5-7-15(16)9-10-20(24)29-26/h5-12,26,29-30H,4,13-14H2,1-3H3. The van der Waals surface area contributed by atoms with Gasteiger partial charge in [0.25, 0.3) is 0 Å². The number of allylic oxidation sites excluding steroid dienone is 1. The molecule has 0 spiro atoms. The second-order valence-corrected chi connectivity index (χ2v) is 10.2. The molecule has 1 heterocycles. The summed E-state index contributed by atoms with van der Waals surface area (Å²) in [4.78, 5) is 13.6. The van der Waals surface area contributed by atoms with E-state index in [2.05, 4.69) is 65.4 Å². The Kier molecular flexibility index (Phi) is 5.05. The number of benzene rings is 3. The van der Waals surface area contributed by atoms with Crippen LogP contribution in [0.4, 0.5) is 5.69 Å². The quantitative estimate of drug-likeness (QED) is 0.413. The van der Waals surface area contributed by atoms with Gasteiger partial charge >= 0.3 is 0 Å². The van der Waals surface area contributed by atoms with Gasteiger partial charge in [-0.2, -0.15) is 0 Å². The Morgan fingerprint density at radius 2 is 1.94 bits per heavy atom. The lowest BCUT2D eigenvalue weighted by molar-refractivity contribution is -0.118. The highest BCUT2D eigenvalue weighted by atomic mass is 79.9. The molecule has 2 aliphatic rings. The Labute approximate surface area is 196 Å². The molecule has 1 aliphatic carbocycles. The van der Waals surface area contributed by atoms with Crippen LogP contribution in [0.3, 0.4) is 0 Å². The Hall–Kier alpha value is -2.79. The van der Waals surface area contributed by atoms with Crippen molar-refractivity contribution in [2.24, 2.45) is 5.41 Å². The third kappa shape index (κ3) is 3.39. The number of nitrogens with one attached hydrogen (secondary N) is 1. The summed E-state index contributed by atoms with van der Waals surface area (Å²) in [5.74, 6) is 0.669. The van der Waals surface area contributed by atoms with E-state index in [0.717, 1.165) is 44.2 Å². The Bertz CT molecular complexity index is 1290. The van der Waals surface area contributed by atoms with Crippen LogP contribution in [-0.4, -0.2) is 17.5 Å². The van der Waals surface area contributed by atoms with E-state index in [1.807, 2.05) is 19.1 Å². The van der Waals surface area contributed by atoms with Gasteiger partial charge in [-0.25, -0.2) is 0 Å². The molecule has 5 heteroatoms. The maximum Gasteiger partial charge on any atom is 0.162 e. The van der Waals surface area contributed by atoms with Gasteiger partial charge in [-0.05, 0) is 58.9 Å². The van der Waals surface area contributed by atoms with Crippen molar-refractivity contribution in [3.05, 3.63) is 69.7 Å². The number of phenols is 1. The molecule has 0 amide bonds. The number of rotatable bonds is 3. The van der Waals surface area contributed by atoms with E-state index < -0.39 is 0 Å². The molecule has 1 atom stereocenters. The monoisotopic (exact) mass is 491 g/mol. The smallest absolute Gasteiger partial charge is 0.162 e. The molecule has 1 aliphatic heterocycles. The van der Waals surface area contributed by atoms with Crippen LogP contribution in [0.25, 0.3) is 16.3 Å². The average Bonchev–Trinajstić information content (AvgIpc) is 2.74. The van der Waals surface area contributed by atoms with E-state index in [1.165, 1.54) is 5.39 Å². The van der Waals surface area contributed by atoms with Crippen LogP contribution in [0, 0.1) is 5.41 Å². The third-order valence-electron chi connectivity index (χ3n) is 6.43. The number of carbonyl (C=O) groups is 1. The fraction of sp³-hybridized carbons (Fsp3) is 0.296. The number of carbonyl (C=O) groups excluding carboxylic acids is 1. The lowest BCUT2D eigenvalue weighted by Crippen LogP contribution is -2.33. The van der Waals surface area contributed by atoms with Crippen molar-refractivity contribution in [2.45, 2.75) is 39.7 Å². The lowest BCUT2D eigenvalue weighted by atomic mass is 9.68. The van der Waals surface area contributed by atoms with E-state index in [9.17, 15) is 9.90 Å². The zero-order valence-electron chi connectivity index (χ0n) is 18.5. The predicted molar refractivity (Wildman–Crippen MR) is 132 cm³/mol. The first-order valence-corrected chi connectivity index (χ1v) is 11.8. The fourth-order valence-electron chi connectivity index (χ4n) is 5.12. The van der Waals surface area contributed by atoms with Gasteiger partial charge in [0, 0.05) is 27.7 Å². The first kappa shape index (κ1) is 21.1. The largest absolute Gasteiger partial charge is 0.504 e. The molecule has 5 rings (SSSR count). The maximum atomic E-state index is 13.6. The fourth-order valence-corrected chi connectivity index (χ4v) is 5.68. The molecular weight excluding hydrogens is 466 g/mol. The van der Waals surface area contributed by atoms with Gasteiger partial charge in [-0.15, -0.1) is 0 Å². The number of phenolic OH excluding ortho intramolecular Hbond substituents is 1. The van der Waals surface area contributed by atoms with Crippen molar-refractivity contribution in [3.8, 4) is 11.5 Å². The Balaban J connectivity index is 1.78. The molecule has 3 aromatic carbocycles. The molecule has 0 radical (unpaired) electrons. The highest BCUT2D eigenvalue weighted by Gasteiger charge is 2.41. The van der Waals surface area contributed by atoms with Crippen LogP contribution in [0.15, 0.2) is 58.6 Å². The Morgan fingerprint density at radius 3 is 2.72 bits per heavy atom. The van der Waals surface area contributed by atoms with Gasteiger partial charge in [0.1, 0.15) is 0 Å². The number of Topliss-reactive ketones (excluding diaryl/α,β-unsaturated/α-hetero) is 1.